The van der Waals surface area contributed by atoms with E-state index >= 15 is 0 Å². The van der Waals surface area contributed by atoms with Gasteiger partial charge >= 0.3 is 5.97 Å². The van der Waals surface area contributed by atoms with Gasteiger partial charge in [0.15, 0.2) is 6.10 Å². The minimum Gasteiger partial charge on any atom is -0.460 e. The SMILES string of the molecule is CC(=O)OC1C(Oc2ccc(N)cc2C(F)F)OC(C)C(C)C1C. The molecular formula is C17H23F2NO4. The van der Waals surface area contributed by atoms with Gasteiger partial charge < -0.3 is 19.9 Å². The summed E-state index contributed by atoms with van der Waals surface area (Å²) in [6, 6.07) is 4.01. The summed E-state index contributed by atoms with van der Waals surface area (Å²) >= 11 is 0. The second kappa shape index (κ2) is 7.34. The first-order valence-corrected chi connectivity index (χ1v) is 7.87. The van der Waals surface area contributed by atoms with E-state index in [1.54, 1.807) is 0 Å². The minimum absolute atomic E-state index is 0.0321. The van der Waals surface area contributed by atoms with Crippen LogP contribution in [-0.2, 0) is 14.3 Å². The van der Waals surface area contributed by atoms with Crippen molar-refractivity contribution in [3.63, 3.8) is 0 Å². The van der Waals surface area contributed by atoms with Crippen molar-refractivity contribution in [2.24, 2.45) is 11.8 Å². The molecule has 7 heteroatoms. The maximum atomic E-state index is 13.2. The first-order valence-electron chi connectivity index (χ1n) is 7.87. The Morgan fingerprint density at radius 1 is 1.25 bits per heavy atom. The number of alkyl halides is 2. The fourth-order valence-electron chi connectivity index (χ4n) is 2.81. The molecule has 0 bridgehead atoms. The highest BCUT2D eigenvalue weighted by Gasteiger charge is 2.43. The number of hydrogen-bond donors (Lipinski definition) is 1. The van der Waals surface area contributed by atoms with Crippen LogP contribution in [0.3, 0.4) is 0 Å². The molecule has 2 rings (SSSR count). The third-order valence-corrected chi connectivity index (χ3v) is 4.52. The van der Waals surface area contributed by atoms with Crippen LogP contribution in [-0.4, -0.2) is 24.5 Å². The summed E-state index contributed by atoms with van der Waals surface area (Å²) in [6.45, 7) is 7.07. The van der Waals surface area contributed by atoms with E-state index in [9.17, 15) is 13.6 Å². The van der Waals surface area contributed by atoms with Crippen LogP contribution >= 0.6 is 0 Å². The summed E-state index contributed by atoms with van der Waals surface area (Å²) in [6.07, 6.45) is -4.55. The fraction of sp³-hybridized carbons (Fsp3) is 0.588. The lowest BCUT2D eigenvalue weighted by atomic mass is 9.84. The molecule has 1 aliphatic heterocycles. The van der Waals surface area contributed by atoms with E-state index in [0.29, 0.717) is 0 Å². The number of rotatable bonds is 4. The van der Waals surface area contributed by atoms with Gasteiger partial charge in [-0.3, -0.25) is 4.79 Å². The molecule has 1 fully saturated rings. The second-order valence-corrected chi connectivity index (χ2v) is 6.22. The second-order valence-electron chi connectivity index (χ2n) is 6.22. The van der Waals surface area contributed by atoms with E-state index in [1.165, 1.54) is 25.1 Å². The minimum atomic E-state index is -2.74. The molecule has 0 radical (unpaired) electrons. The van der Waals surface area contributed by atoms with Gasteiger partial charge in [-0.25, -0.2) is 8.78 Å². The molecule has 1 aromatic rings. The van der Waals surface area contributed by atoms with E-state index in [4.69, 9.17) is 19.9 Å². The van der Waals surface area contributed by atoms with Crippen LogP contribution in [0.2, 0.25) is 0 Å². The monoisotopic (exact) mass is 343 g/mol. The topological polar surface area (TPSA) is 70.8 Å². The molecule has 0 amide bonds. The summed E-state index contributed by atoms with van der Waals surface area (Å²) in [5, 5.41) is 0. The highest BCUT2D eigenvalue weighted by Crippen LogP contribution is 2.37. The van der Waals surface area contributed by atoms with Gasteiger partial charge in [-0.15, -0.1) is 0 Å². The number of benzene rings is 1. The first-order chi connectivity index (χ1) is 11.2. The highest BCUT2D eigenvalue weighted by atomic mass is 19.3. The lowest BCUT2D eigenvalue weighted by molar-refractivity contribution is -0.243. The molecule has 1 aliphatic rings. The predicted molar refractivity (Wildman–Crippen MR) is 84.7 cm³/mol. The molecule has 134 valence electrons. The molecule has 0 aromatic heterocycles. The van der Waals surface area contributed by atoms with Crippen molar-refractivity contribution in [3.05, 3.63) is 23.8 Å². The molecule has 0 spiro atoms. The van der Waals surface area contributed by atoms with Crippen molar-refractivity contribution in [1.29, 1.82) is 0 Å². The molecule has 2 N–H and O–H groups in total. The zero-order chi connectivity index (χ0) is 18.0. The van der Waals surface area contributed by atoms with Crippen LogP contribution in [0, 0.1) is 11.8 Å². The van der Waals surface area contributed by atoms with Crippen LogP contribution in [0.1, 0.15) is 39.7 Å². The van der Waals surface area contributed by atoms with Gasteiger partial charge in [0, 0.05) is 18.5 Å². The number of ether oxygens (including phenoxy) is 3. The summed E-state index contributed by atoms with van der Waals surface area (Å²) in [5.74, 6) is -0.436. The van der Waals surface area contributed by atoms with Crippen LogP contribution in [0.4, 0.5) is 14.5 Å². The van der Waals surface area contributed by atoms with Gasteiger partial charge in [0.05, 0.1) is 11.7 Å². The van der Waals surface area contributed by atoms with Crippen LogP contribution in [0.5, 0.6) is 5.75 Å². The number of nitrogens with two attached hydrogens (primary N) is 1. The molecule has 5 unspecified atom stereocenters. The highest BCUT2D eigenvalue weighted by molar-refractivity contribution is 5.66. The maximum Gasteiger partial charge on any atom is 0.303 e. The number of anilines is 1. The number of nitrogen functional groups attached to an aromatic ring is 1. The normalized spacial score (nSPS) is 30.2. The number of halogens is 2. The Bertz CT molecular complexity index is 596. The number of esters is 1. The third-order valence-electron chi connectivity index (χ3n) is 4.52. The average molecular weight is 343 g/mol. The van der Waals surface area contributed by atoms with Crippen molar-refractivity contribution in [1.82, 2.24) is 0 Å². The van der Waals surface area contributed by atoms with Crippen molar-refractivity contribution < 1.29 is 27.8 Å². The first kappa shape index (κ1) is 18.4. The average Bonchev–Trinajstić information content (AvgIpc) is 2.50. The third kappa shape index (κ3) is 3.95. The number of carbonyl (C=O) groups excluding carboxylic acids is 1. The fourth-order valence-corrected chi connectivity index (χ4v) is 2.81. The van der Waals surface area contributed by atoms with Gasteiger partial charge in [0.25, 0.3) is 6.43 Å². The van der Waals surface area contributed by atoms with Crippen molar-refractivity contribution in [2.75, 3.05) is 5.73 Å². The van der Waals surface area contributed by atoms with E-state index in [0.717, 1.165) is 0 Å². The van der Waals surface area contributed by atoms with Gasteiger partial charge in [-0.1, -0.05) is 13.8 Å². The molecule has 1 heterocycles. The summed E-state index contributed by atoms with van der Waals surface area (Å²) < 4.78 is 43.2. The summed E-state index contributed by atoms with van der Waals surface area (Å²) in [7, 11) is 0. The van der Waals surface area contributed by atoms with E-state index in [2.05, 4.69) is 0 Å². The smallest absolute Gasteiger partial charge is 0.303 e. The Morgan fingerprint density at radius 3 is 2.50 bits per heavy atom. The Balaban J connectivity index is 2.29. The van der Waals surface area contributed by atoms with E-state index < -0.39 is 24.8 Å². The Morgan fingerprint density at radius 2 is 1.92 bits per heavy atom. The molecule has 5 nitrogen and oxygen atoms in total. The van der Waals surface area contributed by atoms with Gasteiger partial charge in [0.2, 0.25) is 6.29 Å². The lowest BCUT2D eigenvalue weighted by Crippen LogP contribution is -2.52. The van der Waals surface area contributed by atoms with Crippen molar-refractivity contribution >= 4 is 11.7 Å². The molecule has 5 atom stereocenters. The summed E-state index contributed by atoms with van der Waals surface area (Å²) in [5.41, 5.74) is 5.46. The van der Waals surface area contributed by atoms with Crippen molar-refractivity contribution in [3.8, 4) is 5.75 Å². The molecular weight excluding hydrogens is 320 g/mol. The van der Waals surface area contributed by atoms with E-state index in [1.807, 2.05) is 20.8 Å². The molecule has 1 saturated heterocycles. The van der Waals surface area contributed by atoms with Crippen molar-refractivity contribution in [2.45, 2.75) is 52.6 Å². The van der Waals surface area contributed by atoms with Gasteiger partial charge in [-0.05, 0) is 31.0 Å². The number of carbonyl (C=O) groups is 1. The zero-order valence-corrected chi connectivity index (χ0v) is 14.2. The Kier molecular flexibility index (Phi) is 5.64. The number of hydrogen-bond acceptors (Lipinski definition) is 5. The molecule has 1 aromatic carbocycles. The standard InChI is InChI=1S/C17H23F2NO4/c1-8-9(2)15(23-11(4)21)17(22-10(8)3)24-14-6-5-12(20)7-13(14)16(18)19/h5-10,15-17H,20H2,1-4H3. The van der Waals surface area contributed by atoms with Crippen LogP contribution in [0.25, 0.3) is 0 Å². The van der Waals surface area contributed by atoms with Crippen LogP contribution < -0.4 is 10.5 Å². The predicted octanol–water partition coefficient (Wildman–Crippen LogP) is 3.53. The van der Waals surface area contributed by atoms with Gasteiger partial charge in [0.1, 0.15) is 5.75 Å². The largest absolute Gasteiger partial charge is 0.460 e. The van der Waals surface area contributed by atoms with Crippen LogP contribution in [0.15, 0.2) is 18.2 Å². The Labute approximate surface area is 140 Å². The maximum absolute atomic E-state index is 13.2. The molecule has 0 saturated carbocycles. The summed E-state index contributed by atoms with van der Waals surface area (Å²) in [4.78, 5) is 11.4. The lowest BCUT2D eigenvalue weighted by Gasteiger charge is -2.42. The molecule has 0 aliphatic carbocycles. The van der Waals surface area contributed by atoms with Gasteiger partial charge in [-0.2, -0.15) is 0 Å². The zero-order valence-electron chi connectivity index (χ0n) is 14.2. The Hall–Kier alpha value is -1.89. The quantitative estimate of drug-likeness (QED) is 0.669. The molecule has 24 heavy (non-hydrogen) atoms. The van der Waals surface area contributed by atoms with E-state index in [-0.39, 0.29) is 34.9 Å².